The molecule has 0 spiro atoms. The third-order valence-corrected chi connectivity index (χ3v) is 2.69. The van der Waals surface area contributed by atoms with Crippen molar-refractivity contribution in [2.45, 2.75) is 33.1 Å². The number of rotatable bonds is 2. The molecule has 5 nitrogen and oxygen atoms in total. The molecule has 0 atom stereocenters. The van der Waals surface area contributed by atoms with E-state index in [4.69, 9.17) is 9.84 Å². The molecule has 19 heavy (non-hydrogen) atoms. The third-order valence-electron chi connectivity index (χ3n) is 2.69. The highest BCUT2D eigenvalue weighted by Gasteiger charge is 2.23. The van der Waals surface area contributed by atoms with E-state index in [1.54, 1.807) is 6.07 Å². The average Bonchev–Trinajstić information content (AvgIpc) is 2.26. The Morgan fingerprint density at radius 1 is 1.26 bits per heavy atom. The third kappa shape index (κ3) is 3.47. The van der Waals surface area contributed by atoms with Crippen molar-refractivity contribution in [1.29, 1.82) is 0 Å². The first kappa shape index (κ1) is 15.0. The van der Waals surface area contributed by atoms with E-state index in [1.807, 2.05) is 33.8 Å². The van der Waals surface area contributed by atoms with Crippen molar-refractivity contribution < 1.29 is 19.4 Å². The lowest BCUT2D eigenvalue weighted by Gasteiger charge is -2.24. The first-order chi connectivity index (χ1) is 8.66. The molecule has 0 heterocycles. The molecule has 2 N–H and O–H groups in total. The van der Waals surface area contributed by atoms with Crippen molar-refractivity contribution in [2.24, 2.45) is 0 Å². The summed E-state index contributed by atoms with van der Waals surface area (Å²) in [6, 6.07) is 3.66. The molecule has 0 saturated heterocycles. The smallest absolute Gasteiger partial charge is 0.394 e. The largest absolute Gasteiger partial charge is 0.494 e. The van der Waals surface area contributed by atoms with Crippen LogP contribution in [0.5, 0.6) is 5.75 Å². The summed E-state index contributed by atoms with van der Waals surface area (Å²) in [5, 5.41) is 11.0. The number of hydrogen-bond acceptors (Lipinski definition) is 3. The molecule has 0 saturated carbocycles. The fourth-order valence-corrected chi connectivity index (χ4v) is 1.82. The molecule has 0 bridgehead atoms. The van der Waals surface area contributed by atoms with Gasteiger partial charge in [-0.05, 0) is 24.0 Å². The number of carbonyl (C=O) groups is 2. The van der Waals surface area contributed by atoms with Gasteiger partial charge < -0.3 is 15.2 Å². The number of methoxy groups -OCH3 is 1. The summed E-state index contributed by atoms with van der Waals surface area (Å²) in [6.45, 7) is 7.94. The van der Waals surface area contributed by atoms with Crippen molar-refractivity contribution in [1.82, 2.24) is 0 Å². The van der Waals surface area contributed by atoms with E-state index in [0.717, 1.165) is 11.1 Å². The van der Waals surface area contributed by atoms with Gasteiger partial charge in [0, 0.05) is 5.56 Å². The van der Waals surface area contributed by atoms with Crippen LogP contribution in [0.15, 0.2) is 12.1 Å². The van der Waals surface area contributed by atoms with Crippen molar-refractivity contribution in [3.63, 3.8) is 0 Å². The summed E-state index contributed by atoms with van der Waals surface area (Å²) >= 11 is 0. The number of carboxylic acids is 1. The molecule has 1 aromatic rings. The molecule has 1 rings (SSSR count). The predicted octanol–water partition coefficient (Wildman–Crippen LogP) is 2.32. The normalized spacial score (nSPS) is 11.0. The van der Waals surface area contributed by atoms with Crippen LogP contribution in [0.4, 0.5) is 5.69 Å². The lowest BCUT2D eigenvalue weighted by Crippen LogP contribution is -2.23. The molecular weight excluding hydrogens is 246 g/mol. The van der Waals surface area contributed by atoms with E-state index in [9.17, 15) is 9.59 Å². The van der Waals surface area contributed by atoms with Crippen LogP contribution in [-0.4, -0.2) is 24.1 Å². The van der Waals surface area contributed by atoms with Crippen LogP contribution in [0.2, 0.25) is 0 Å². The van der Waals surface area contributed by atoms with Crippen LogP contribution in [0.25, 0.3) is 0 Å². The Balaban J connectivity index is 3.35. The molecule has 5 heteroatoms. The fraction of sp³-hybridized carbons (Fsp3) is 0.429. The van der Waals surface area contributed by atoms with E-state index >= 15 is 0 Å². The summed E-state index contributed by atoms with van der Waals surface area (Å²) in [5.74, 6) is -2.11. The van der Waals surface area contributed by atoms with E-state index in [0.29, 0.717) is 11.4 Å². The SMILES string of the molecule is COc1c(NC(=O)C(=O)O)cc(C)cc1C(C)(C)C. The van der Waals surface area contributed by atoms with Crippen molar-refractivity contribution in [3.05, 3.63) is 23.3 Å². The minimum Gasteiger partial charge on any atom is -0.494 e. The molecule has 0 radical (unpaired) electrons. The van der Waals surface area contributed by atoms with Gasteiger partial charge in [0.2, 0.25) is 0 Å². The highest BCUT2D eigenvalue weighted by molar-refractivity contribution is 6.36. The maximum absolute atomic E-state index is 11.3. The van der Waals surface area contributed by atoms with Gasteiger partial charge in [0.05, 0.1) is 12.8 Å². The van der Waals surface area contributed by atoms with Gasteiger partial charge in [0.1, 0.15) is 5.75 Å². The van der Waals surface area contributed by atoms with Gasteiger partial charge in [0.25, 0.3) is 0 Å². The zero-order valence-electron chi connectivity index (χ0n) is 11.8. The van der Waals surface area contributed by atoms with Crippen LogP contribution in [0.1, 0.15) is 31.9 Å². The van der Waals surface area contributed by atoms with Gasteiger partial charge in [-0.25, -0.2) is 4.79 Å². The molecule has 0 fully saturated rings. The number of carboxylic acid groups (broad SMARTS) is 1. The van der Waals surface area contributed by atoms with E-state index in [2.05, 4.69) is 5.32 Å². The highest BCUT2D eigenvalue weighted by atomic mass is 16.5. The monoisotopic (exact) mass is 265 g/mol. The Morgan fingerprint density at radius 2 is 1.84 bits per heavy atom. The van der Waals surface area contributed by atoms with Gasteiger partial charge in [-0.15, -0.1) is 0 Å². The maximum Gasteiger partial charge on any atom is 0.394 e. The van der Waals surface area contributed by atoms with Gasteiger partial charge in [0.15, 0.2) is 0 Å². The lowest BCUT2D eigenvalue weighted by molar-refractivity contribution is -0.147. The number of anilines is 1. The molecule has 1 aromatic carbocycles. The number of aliphatic carboxylic acids is 1. The number of carbonyl (C=O) groups excluding carboxylic acids is 1. The molecular formula is C14H19NO4. The van der Waals surface area contributed by atoms with Crippen LogP contribution in [-0.2, 0) is 15.0 Å². The first-order valence-electron chi connectivity index (χ1n) is 5.90. The topological polar surface area (TPSA) is 75.6 Å². The minimum absolute atomic E-state index is 0.180. The maximum atomic E-state index is 11.3. The molecule has 0 aliphatic carbocycles. The highest BCUT2D eigenvalue weighted by Crippen LogP contribution is 2.38. The molecule has 0 aliphatic rings. The van der Waals surface area contributed by atoms with Crippen molar-refractivity contribution >= 4 is 17.6 Å². The lowest BCUT2D eigenvalue weighted by atomic mass is 9.85. The molecule has 104 valence electrons. The summed E-state index contributed by atoms with van der Waals surface area (Å²) in [7, 11) is 1.50. The van der Waals surface area contributed by atoms with Crippen molar-refractivity contribution in [3.8, 4) is 5.75 Å². The van der Waals surface area contributed by atoms with Crippen LogP contribution < -0.4 is 10.1 Å². The Bertz CT molecular complexity index is 515. The summed E-state index contributed by atoms with van der Waals surface area (Å²) in [5.41, 5.74) is 2.03. The zero-order valence-corrected chi connectivity index (χ0v) is 11.8. The zero-order chi connectivity index (χ0) is 14.8. The Morgan fingerprint density at radius 3 is 2.26 bits per heavy atom. The van der Waals surface area contributed by atoms with E-state index in [1.165, 1.54) is 7.11 Å². The summed E-state index contributed by atoms with van der Waals surface area (Å²) < 4.78 is 5.33. The number of benzene rings is 1. The van der Waals surface area contributed by atoms with E-state index in [-0.39, 0.29) is 5.41 Å². The van der Waals surface area contributed by atoms with Crippen molar-refractivity contribution in [2.75, 3.05) is 12.4 Å². The Labute approximate surface area is 112 Å². The second-order valence-corrected chi connectivity index (χ2v) is 5.40. The molecule has 1 amide bonds. The first-order valence-corrected chi connectivity index (χ1v) is 5.90. The summed E-state index contributed by atoms with van der Waals surface area (Å²) in [6.07, 6.45) is 0. The second-order valence-electron chi connectivity index (χ2n) is 5.40. The molecule has 0 unspecified atom stereocenters. The van der Waals surface area contributed by atoms with Gasteiger partial charge in [-0.1, -0.05) is 26.8 Å². The molecule has 0 aliphatic heterocycles. The average molecular weight is 265 g/mol. The summed E-state index contributed by atoms with van der Waals surface area (Å²) in [4.78, 5) is 21.9. The number of aryl methyl sites for hydroxylation is 1. The van der Waals surface area contributed by atoms with Crippen LogP contribution >= 0.6 is 0 Å². The molecule has 0 aromatic heterocycles. The van der Waals surface area contributed by atoms with Gasteiger partial charge in [-0.2, -0.15) is 0 Å². The predicted molar refractivity (Wildman–Crippen MR) is 72.7 cm³/mol. The number of amides is 1. The second kappa shape index (κ2) is 5.30. The minimum atomic E-state index is -1.53. The van der Waals surface area contributed by atoms with Gasteiger partial charge in [-0.3, -0.25) is 4.79 Å². The number of hydrogen-bond donors (Lipinski definition) is 2. The number of nitrogens with one attached hydrogen (secondary N) is 1. The quantitative estimate of drug-likeness (QED) is 0.805. The number of ether oxygens (including phenoxy) is 1. The Hall–Kier alpha value is -2.04. The van der Waals surface area contributed by atoms with Crippen LogP contribution in [0, 0.1) is 6.92 Å². The van der Waals surface area contributed by atoms with Gasteiger partial charge >= 0.3 is 11.9 Å². The fourth-order valence-electron chi connectivity index (χ4n) is 1.82. The Kier molecular flexibility index (Phi) is 4.19. The van der Waals surface area contributed by atoms with Crippen LogP contribution in [0.3, 0.4) is 0 Å². The standard InChI is InChI=1S/C14H19NO4/c1-8-6-9(14(2,3)4)11(19-5)10(7-8)15-12(16)13(17)18/h6-7H,1-5H3,(H,15,16)(H,17,18). The van der Waals surface area contributed by atoms with E-state index < -0.39 is 11.9 Å².